The van der Waals surface area contributed by atoms with Crippen LogP contribution in [0.4, 0.5) is 11.4 Å². The fraction of sp³-hybridized carbons (Fsp3) is 0.188. The summed E-state index contributed by atoms with van der Waals surface area (Å²) in [5, 5.41) is 3.36. The Morgan fingerprint density at radius 3 is 2.52 bits per heavy atom. The Bertz CT molecular complexity index is 654. The Balaban J connectivity index is 1.98. The van der Waals surface area contributed by atoms with Crippen LogP contribution in [0.25, 0.3) is 0 Å². The van der Waals surface area contributed by atoms with Crippen molar-refractivity contribution in [1.82, 2.24) is 0 Å². The van der Waals surface area contributed by atoms with Gasteiger partial charge in [-0.25, -0.2) is 0 Å². The van der Waals surface area contributed by atoms with E-state index in [0.717, 1.165) is 11.1 Å². The Kier molecular flexibility index (Phi) is 4.70. The minimum absolute atomic E-state index is 0.0756. The topological polar surface area (TPSA) is 64.3 Å². The molecule has 0 aliphatic rings. The number of hydrogen-bond donors (Lipinski definition) is 2. The van der Waals surface area contributed by atoms with Gasteiger partial charge < -0.3 is 15.8 Å². The number of halogens is 1. The molecule has 0 radical (unpaired) electrons. The van der Waals surface area contributed by atoms with Gasteiger partial charge in [0, 0.05) is 22.0 Å². The van der Waals surface area contributed by atoms with Crippen molar-refractivity contribution >= 4 is 28.9 Å². The summed E-state index contributed by atoms with van der Waals surface area (Å²) < 4.78 is 5.59. The van der Waals surface area contributed by atoms with Gasteiger partial charge in [-0.2, -0.15) is 0 Å². The van der Waals surface area contributed by atoms with E-state index in [0.29, 0.717) is 22.1 Å². The number of anilines is 2. The third kappa shape index (κ3) is 3.89. The summed E-state index contributed by atoms with van der Waals surface area (Å²) in [6.45, 7) is 3.71. The van der Waals surface area contributed by atoms with Gasteiger partial charge in [-0.15, -0.1) is 0 Å². The number of nitrogen functional groups attached to an aromatic ring is 1. The van der Waals surface area contributed by atoms with Crippen LogP contribution in [0, 0.1) is 13.8 Å². The number of amides is 1. The second-order valence-electron chi connectivity index (χ2n) is 4.77. The normalized spacial score (nSPS) is 10.2. The predicted octanol–water partition coefficient (Wildman–Crippen LogP) is 3.56. The lowest BCUT2D eigenvalue weighted by atomic mass is 10.1. The number of nitrogens with one attached hydrogen (secondary N) is 1. The number of hydrogen-bond acceptors (Lipinski definition) is 3. The van der Waals surface area contributed by atoms with Gasteiger partial charge in [0.2, 0.25) is 0 Å². The largest absolute Gasteiger partial charge is 0.483 e. The zero-order chi connectivity index (χ0) is 15.4. The first-order valence-electron chi connectivity index (χ1n) is 6.51. The summed E-state index contributed by atoms with van der Waals surface area (Å²) in [5.74, 6) is 0.416. The number of aryl methyl sites for hydroxylation is 1. The van der Waals surface area contributed by atoms with Crippen molar-refractivity contribution in [2.24, 2.45) is 0 Å². The summed E-state index contributed by atoms with van der Waals surface area (Å²) in [6, 6.07) is 10.6. The standard InChI is InChI=1S/C16H17ClN2O2/c1-10-3-8-14(18)11(2)16(10)21-9-15(20)19-13-6-4-12(17)5-7-13/h3-8H,9,18H2,1-2H3,(H,19,20). The highest BCUT2D eigenvalue weighted by Gasteiger charge is 2.09. The van der Waals surface area contributed by atoms with Crippen molar-refractivity contribution in [1.29, 1.82) is 0 Å². The van der Waals surface area contributed by atoms with Gasteiger partial charge in [-0.05, 0) is 49.7 Å². The molecule has 4 nitrogen and oxygen atoms in total. The third-order valence-electron chi connectivity index (χ3n) is 3.12. The minimum Gasteiger partial charge on any atom is -0.483 e. The molecular formula is C16H17ClN2O2. The quantitative estimate of drug-likeness (QED) is 0.849. The minimum atomic E-state index is -0.237. The van der Waals surface area contributed by atoms with E-state index in [1.807, 2.05) is 26.0 Å². The molecule has 0 aliphatic heterocycles. The highest BCUT2D eigenvalue weighted by atomic mass is 35.5. The molecule has 0 aliphatic carbocycles. The van der Waals surface area contributed by atoms with Crippen molar-refractivity contribution in [3.8, 4) is 5.75 Å². The summed E-state index contributed by atoms with van der Waals surface area (Å²) in [4.78, 5) is 11.9. The summed E-state index contributed by atoms with van der Waals surface area (Å²) in [7, 11) is 0. The lowest BCUT2D eigenvalue weighted by Gasteiger charge is -2.13. The maximum absolute atomic E-state index is 11.9. The van der Waals surface area contributed by atoms with Crippen LogP contribution in [0.1, 0.15) is 11.1 Å². The molecule has 5 heteroatoms. The van der Waals surface area contributed by atoms with E-state index in [2.05, 4.69) is 5.32 Å². The fourth-order valence-electron chi connectivity index (χ4n) is 1.93. The smallest absolute Gasteiger partial charge is 0.262 e. The van der Waals surface area contributed by atoms with E-state index in [-0.39, 0.29) is 12.5 Å². The summed E-state index contributed by atoms with van der Waals surface area (Å²) in [6.07, 6.45) is 0. The highest BCUT2D eigenvalue weighted by Crippen LogP contribution is 2.27. The SMILES string of the molecule is Cc1ccc(N)c(C)c1OCC(=O)Nc1ccc(Cl)cc1. The molecular weight excluding hydrogens is 288 g/mol. The molecule has 2 rings (SSSR count). The Morgan fingerprint density at radius 2 is 1.86 bits per heavy atom. The molecule has 0 atom stereocenters. The monoisotopic (exact) mass is 304 g/mol. The van der Waals surface area contributed by atoms with Crippen molar-refractivity contribution in [2.75, 3.05) is 17.7 Å². The van der Waals surface area contributed by atoms with Crippen LogP contribution in [0.15, 0.2) is 36.4 Å². The molecule has 0 aromatic heterocycles. The Hall–Kier alpha value is -2.20. The van der Waals surface area contributed by atoms with Gasteiger partial charge in [-0.3, -0.25) is 4.79 Å². The van der Waals surface area contributed by atoms with Crippen LogP contribution in [-0.4, -0.2) is 12.5 Å². The van der Waals surface area contributed by atoms with Gasteiger partial charge in [0.25, 0.3) is 5.91 Å². The molecule has 0 saturated carbocycles. The first-order valence-corrected chi connectivity index (χ1v) is 6.89. The zero-order valence-corrected chi connectivity index (χ0v) is 12.7. The zero-order valence-electron chi connectivity index (χ0n) is 11.9. The maximum atomic E-state index is 11.9. The first-order chi connectivity index (χ1) is 9.97. The Morgan fingerprint density at radius 1 is 1.19 bits per heavy atom. The average molecular weight is 305 g/mol. The molecule has 0 unspecified atom stereocenters. The van der Waals surface area contributed by atoms with Crippen LogP contribution in [0.2, 0.25) is 5.02 Å². The Labute approximate surface area is 128 Å². The van der Waals surface area contributed by atoms with E-state index in [9.17, 15) is 4.79 Å². The predicted molar refractivity (Wildman–Crippen MR) is 85.9 cm³/mol. The lowest BCUT2D eigenvalue weighted by Crippen LogP contribution is -2.20. The molecule has 0 heterocycles. The van der Waals surface area contributed by atoms with Gasteiger partial charge in [-0.1, -0.05) is 17.7 Å². The summed E-state index contributed by atoms with van der Waals surface area (Å²) in [5.41, 5.74) is 8.95. The maximum Gasteiger partial charge on any atom is 0.262 e. The number of rotatable bonds is 4. The van der Waals surface area contributed by atoms with Crippen molar-refractivity contribution < 1.29 is 9.53 Å². The average Bonchev–Trinajstić information content (AvgIpc) is 2.45. The number of nitrogens with two attached hydrogens (primary N) is 1. The molecule has 0 bridgehead atoms. The molecule has 21 heavy (non-hydrogen) atoms. The van der Waals surface area contributed by atoms with E-state index < -0.39 is 0 Å². The number of ether oxygens (including phenoxy) is 1. The van der Waals surface area contributed by atoms with Crippen molar-refractivity contribution in [3.05, 3.63) is 52.5 Å². The molecule has 0 spiro atoms. The van der Waals surface area contributed by atoms with E-state index >= 15 is 0 Å². The number of carbonyl (C=O) groups excluding carboxylic acids is 1. The second-order valence-corrected chi connectivity index (χ2v) is 5.21. The van der Waals surface area contributed by atoms with Crippen molar-refractivity contribution in [2.45, 2.75) is 13.8 Å². The molecule has 2 aromatic rings. The molecule has 3 N–H and O–H groups in total. The van der Waals surface area contributed by atoms with Crippen LogP contribution >= 0.6 is 11.6 Å². The lowest BCUT2D eigenvalue weighted by molar-refractivity contribution is -0.118. The molecule has 1 amide bonds. The van der Waals surface area contributed by atoms with E-state index in [1.54, 1.807) is 24.3 Å². The van der Waals surface area contributed by atoms with Crippen LogP contribution < -0.4 is 15.8 Å². The van der Waals surface area contributed by atoms with Gasteiger partial charge >= 0.3 is 0 Å². The van der Waals surface area contributed by atoms with Crippen LogP contribution in [-0.2, 0) is 4.79 Å². The van der Waals surface area contributed by atoms with E-state index in [4.69, 9.17) is 22.1 Å². The summed E-state index contributed by atoms with van der Waals surface area (Å²) >= 11 is 5.79. The third-order valence-corrected chi connectivity index (χ3v) is 3.37. The second kappa shape index (κ2) is 6.50. The van der Waals surface area contributed by atoms with Gasteiger partial charge in [0.1, 0.15) is 5.75 Å². The van der Waals surface area contributed by atoms with Crippen molar-refractivity contribution in [3.63, 3.8) is 0 Å². The van der Waals surface area contributed by atoms with Crippen LogP contribution in [0.3, 0.4) is 0 Å². The molecule has 2 aromatic carbocycles. The molecule has 110 valence electrons. The van der Waals surface area contributed by atoms with Crippen LogP contribution in [0.5, 0.6) is 5.75 Å². The number of benzene rings is 2. The van der Waals surface area contributed by atoms with E-state index in [1.165, 1.54) is 0 Å². The highest BCUT2D eigenvalue weighted by molar-refractivity contribution is 6.30. The first kappa shape index (κ1) is 15.2. The molecule has 0 fully saturated rings. The van der Waals surface area contributed by atoms with Gasteiger partial charge in [0.05, 0.1) is 0 Å². The molecule has 0 saturated heterocycles. The number of carbonyl (C=O) groups is 1. The van der Waals surface area contributed by atoms with Gasteiger partial charge in [0.15, 0.2) is 6.61 Å². The fourth-order valence-corrected chi connectivity index (χ4v) is 2.06.